The monoisotopic (exact) mass is 349 g/mol. The first-order valence-corrected chi connectivity index (χ1v) is 8.61. The Kier molecular flexibility index (Phi) is 5.91. The lowest BCUT2D eigenvalue weighted by Gasteiger charge is -2.14. The summed E-state index contributed by atoms with van der Waals surface area (Å²) in [5.41, 5.74) is 0.454. The lowest BCUT2D eigenvalue weighted by molar-refractivity contribution is -0.115. The number of nitrogens with zero attached hydrogens (tertiary/aromatic N) is 1. The summed E-state index contributed by atoms with van der Waals surface area (Å²) in [7, 11) is -0.897. The quantitative estimate of drug-likeness (QED) is 0.798. The fourth-order valence-corrected chi connectivity index (χ4v) is 2.33. The van der Waals surface area contributed by atoms with Crippen molar-refractivity contribution in [3.63, 3.8) is 0 Å². The summed E-state index contributed by atoms with van der Waals surface area (Å²) in [4.78, 5) is 12.0. The predicted octanol–water partition coefficient (Wildman–Crippen LogP) is 1.81. The molecule has 1 amide bonds. The first-order chi connectivity index (χ1) is 11.4. The van der Waals surface area contributed by atoms with Gasteiger partial charge in [0.15, 0.2) is 5.75 Å². The van der Waals surface area contributed by atoms with E-state index < -0.39 is 16.1 Å². The Morgan fingerprint density at radius 2 is 1.67 bits per heavy atom. The molecule has 7 nitrogen and oxygen atoms in total. The number of benzene rings is 2. The van der Waals surface area contributed by atoms with Crippen molar-refractivity contribution in [2.75, 3.05) is 26.0 Å². The molecule has 0 radical (unpaired) electrons. The molecule has 0 aliphatic carbocycles. The van der Waals surface area contributed by atoms with Crippen molar-refractivity contribution in [3.05, 3.63) is 54.6 Å². The molecule has 0 fully saturated rings. The Balaban J connectivity index is 2.03. The number of ether oxygens (including phenoxy) is 1. The predicted molar refractivity (Wildman–Crippen MR) is 92.2 cm³/mol. The number of hydrogen-bond donors (Lipinski definition) is 2. The molecule has 2 aromatic rings. The summed E-state index contributed by atoms with van der Waals surface area (Å²) in [6.45, 7) is -0.375. The van der Waals surface area contributed by atoms with E-state index in [9.17, 15) is 13.2 Å². The van der Waals surface area contributed by atoms with Gasteiger partial charge in [-0.1, -0.05) is 30.3 Å². The zero-order chi connectivity index (χ0) is 17.6. The maximum atomic E-state index is 12.0. The fraction of sp³-hybridized carbons (Fsp3) is 0.188. The van der Waals surface area contributed by atoms with Gasteiger partial charge in [0.2, 0.25) is 5.91 Å². The number of anilines is 1. The molecule has 0 aliphatic rings. The molecule has 0 spiro atoms. The highest BCUT2D eigenvalue weighted by Crippen LogP contribution is 2.28. The SMILES string of the molecule is CN(C)S(=O)(=O)NCC(=O)Nc1ccccc1Oc1ccccc1. The van der Waals surface area contributed by atoms with Gasteiger partial charge in [-0.25, -0.2) is 0 Å². The van der Waals surface area contributed by atoms with E-state index in [1.54, 1.807) is 36.4 Å². The molecule has 8 heteroatoms. The minimum atomic E-state index is -3.65. The Bertz CT molecular complexity index is 792. The molecular weight excluding hydrogens is 330 g/mol. The maximum Gasteiger partial charge on any atom is 0.279 e. The van der Waals surface area contributed by atoms with Gasteiger partial charge in [0.25, 0.3) is 10.2 Å². The fourth-order valence-electron chi connectivity index (χ4n) is 1.75. The van der Waals surface area contributed by atoms with Gasteiger partial charge in [-0.05, 0) is 24.3 Å². The van der Waals surface area contributed by atoms with E-state index >= 15 is 0 Å². The Hall–Kier alpha value is -2.42. The van der Waals surface area contributed by atoms with Gasteiger partial charge in [-0.3, -0.25) is 4.79 Å². The van der Waals surface area contributed by atoms with Crippen LogP contribution in [0.1, 0.15) is 0 Å². The van der Waals surface area contributed by atoms with Crippen LogP contribution in [0.25, 0.3) is 0 Å². The van der Waals surface area contributed by atoms with Crippen LogP contribution in [0.2, 0.25) is 0 Å². The standard InChI is InChI=1S/C16H19N3O4S/c1-19(2)24(21,22)17-12-16(20)18-14-10-6-7-11-15(14)23-13-8-4-3-5-9-13/h3-11,17H,12H2,1-2H3,(H,18,20). The molecular formula is C16H19N3O4S. The summed E-state index contributed by atoms with van der Waals surface area (Å²) in [6.07, 6.45) is 0. The third-order valence-electron chi connectivity index (χ3n) is 3.03. The van der Waals surface area contributed by atoms with E-state index in [0.717, 1.165) is 4.31 Å². The highest BCUT2D eigenvalue weighted by atomic mass is 32.2. The van der Waals surface area contributed by atoms with Crippen molar-refractivity contribution in [1.82, 2.24) is 9.03 Å². The van der Waals surface area contributed by atoms with Gasteiger partial charge >= 0.3 is 0 Å². The second-order valence-electron chi connectivity index (χ2n) is 5.07. The van der Waals surface area contributed by atoms with Crippen molar-refractivity contribution in [2.24, 2.45) is 0 Å². The second kappa shape index (κ2) is 7.91. The Morgan fingerprint density at radius 1 is 1.04 bits per heavy atom. The number of rotatable bonds is 7. The van der Waals surface area contributed by atoms with Crippen LogP contribution in [0.5, 0.6) is 11.5 Å². The van der Waals surface area contributed by atoms with Crippen LogP contribution in [0.4, 0.5) is 5.69 Å². The number of carbonyl (C=O) groups is 1. The largest absolute Gasteiger partial charge is 0.455 e. The normalized spacial score (nSPS) is 11.3. The lowest BCUT2D eigenvalue weighted by atomic mass is 10.3. The zero-order valence-corrected chi connectivity index (χ0v) is 14.2. The minimum absolute atomic E-state index is 0.375. The molecule has 0 saturated heterocycles. The molecule has 0 atom stereocenters. The first kappa shape index (κ1) is 17.9. The van der Waals surface area contributed by atoms with Crippen LogP contribution < -0.4 is 14.8 Å². The molecule has 2 rings (SSSR count). The van der Waals surface area contributed by atoms with Crippen LogP contribution in [-0.4, -0.2) is 39.3 Å². The number of amides is 1. The van der Waals surface area contributed by atoms with Gasteiger partial charge in [0.1, 0.15) is 5.75 Å². The minimum Gasteiger partial charge on any atom is -0.455 e. The highest BCUT2D eigenvalue weighted by Gasteiger charge is 2.15. The van der Waals surface area contributed by atoms with E-state index in [-0.39, 0.29) is 6.54 Å². The van der Waals surface area contributed by atoms with Gasteiger partial charge < -0.3 is 10.1 Å². The molecule has 24 heavy (non-hydrogen) atoms. The summed E-state index contributed by atoms with van der Waals surface area (Å²) in [6, 6.07) is 16.1. The van der Waals surface area contributed by atoms with Crippen molar-refractivity contribution >= 4 is 21.8 Å². The number of carbonyl (C=O) groups excluding carboxylic acids is 1. The van der Waals surface area contributed by atoms with E-state index in [2.05, 4.69) is 10.0 Å². The summed E-state index contributed by atoms with van der Waals surface area (Å²) >= 11 is 0. The van der Waals surface area contributed by atoms with E-state index in [1.165, 1.54) is 14.1 Å². The topological polar surface area (TPSA) is 87.7 Å². The zero-order valence-electron chi connectivity index (χ0n) is 13.4. The van der Waals surface area contributed by atoms with Crippen molar-refractivity contribution in [1.29, 1.82) is 0 Å². The highest BCUT2D eigenvalue weighted by molar-refractivity contribution is 7.87. The third-order valence-corrected chi connectivity index (χ3v) is 4.50. The number of para-hydroxylation sites is 3. The average molecular weight is 349 g/mol. The molecule has 0 bridgehead atoms. The van der Waals surface area contributed by atoms with E-state index in [0.29, 0.717) is 17.2 Å². The molecule has 0 heterocycles. The number of hydrogen-bond acceptors (Lipinski definition) is 4. The second-order valence-corrected chi connectivity index (χ2v) is 7.04. The Labute approximate surface area is 141 Å². The summed E-state index contributed by atoms with van der Waals surface area (Å²) in [5.74, 6) is 0.601. The van der Waals surface area contributed by atoms with Gasteiger partial charge in [-0.2, -0.15) is 17.4 Å². The van der Waals surface area contributed by atoms with Crippen LogP contribution >= 0.6 is 0 Å². The lowest BCUT2D eigenvalue weighted by Crippen LogP contribution is -2.40. The van der Waals surface area contributed by atoms with Crippen LogP contribution in [0.15, 0.2) is 54.6 Å². The van der Waals surface area contributed by atoms with Gasteiger partial charge in [0.05, 0.1) is 12.2 Å². The smallest absolute Gasteiger partial charge is 0.279 e. The van der Waals surface area contributed by atoms with Crippen LogP contribution in [-0.2, 0) is 15.0 Å². The van der Waals surface area contributed by atoms with E-state index in [4.69, 9.17) is 4.74 Å². The van der Waals surface area contributed by atoms with E-state index in [1.807, 2.05) is 18.2 Å². The molecule has 2 aromatic carbocycles. The van der Waals surface area contributed by atoms with Crippen LogP contribution in [0, 0.1) is 0 Å². The van der Waals surface area contributed by atoms with Crippen LogP contribution in [0.3, 0.4) is 0 Å². The maximum absolute atomic E-state index is 12.0. The molecule has 0 unspecified atom stereocenters. The molecule has 0 saturated carbocycles. The average Bonchev–Trinajstić information content (AvgIpc) is 2.56. The van der Waals surface area contributed by atoms with Gasteiger partial charge in [-0.15, -0.1) is 0 Å². The molecule has 128 valence electrons. The Morgan fingerprint density at radius 3 is 2.33 bits per heavy atom. The van der Waals surface area contributed by atoms with Crippen molar-refractivity contribution in [2.45, 2.75) is 0 Å². The molecule has 2 N–H and O–H groups in total. The first-order valence-electron chi connectivity index (χ1n) is 7.17. The molecule has 0 aliphatic heterocycles. The third kappa shape index (κ3) is 5.05. The molecule has 0 aromatic heterocycles. The van der Waals surface area contributed by atoms with Crippen molar-refractivity contribution < 1.29 is 17.9 Å². The summed E-state index contributed by atoms with van der Waals surface area (Å²) < 4.78 is 32.1. The number of nitrogens with one attached hydrogen (secondary N) is 2. The van der Waals surface area contributed by atoms with Gasteiger partial charge in [0, 0.05) is 14.1 Å². The van der Waals surface area contributed by atoms with Crippen molar-refractivity contribution in [3.8, 4) is 11.5 Å². The summed E-state index contributed by atoms with van der Waals surface area (Å²) in [5, 5.41) is 2.63.